The summed E-state index contributed by atoms with van der Waals surface area (Å²) in [5.74, 6) is 0.282. The second-order valence-corrected chi connectivity index (χ2v) is 9.20. The maximum atomic E-state index is 14.1. The molecule has 8 heteroatoms. The highest BCUT2D eigenvalue weighted by Gasteiger charge is 2.29. The monoisotopic (exact) mass is 494 g/mol. The predicted octanol–water partition coefficient (Wildman–Crippen LogP) is 5.44. The molecular formula is C25H32ClFN2O3S. The molecule has 2 aromatic rings. The number of hydrogen-bond acceptors (Lipinski definition) is 4. The van der Waals surface area contributed by atoms with Crippen molar-refractivity contribution in [1.82, 2.24) is 10.2 Å². The van der Waals surface area contributed by atoms with E-state index in [9.17, 15) is 14.0 Å². The molecule has 0 fully saturated rings. The van der Waals surface area contributed by atoms with Crippen LogP contribution in [0.2, 0.25) is 5.02 Å². The first-order chi connectivity index (χ1) is 15.8. The Morgan fingerprint density at radius 1 is 1.18 bits per heavy atom. The molecule has 5 nitrogen and oxygen atoms in total. The molecule has 0 unspecified atom stereocenters. The minimum atomic E-state index is -0.615. The van der Waals surface area contributed by atoms with Crippen LogP contribution in [0, 0.1) is 5.82 Å². The van der Waals surface area contributed by atoms with Gasteiger partial charge in [0.25, 0.3) is 0 Å². The van der Waals surface area contributed by atoms with Gasteiger partial charge >= 0.3 is 0 Å². The van der Waals surface area contributed by atoms with Gasteiger partial charge in [-0.15, -0.1) is 11.8 Å². The van der Waals surface area contributed by atoms with Gasteiger partial charge in [0.2, 0.25) is 11.8 Å². The molecule has 0 aliphatic carbocycles. The average molecular weight is 495 g/mol. The molecule has 1 N–H and O–H groups in total. The number of nitrogens with zero attached hydrogens (tertiary/aromatic N) is 1. The van der Waals surface area contributed by atoms with Gasteiger partial charge in [-0.25, -0.2) is 4.39 Å². The van der Waals surface area contributed by atoms with E-state index < -0.39 is 11.9 Å². The lowest BCUT2D eigenvalue weighted by Gasteiger charge is -2.31. The number of thioether (sulfide) groups is 1. The van der Waals surface area contributed by atoms with E-state index in [1.807, 2.05) is 45.0 Å². The number of nitrogens with one attached hydrogen (secondary N) is 1. The summed E-state index contributed by atoms with van der Waals surface area (Å²) >= 11 is 7.38. The predicted molar refractivity (Wildman–Crippen MR) is 133 cm³/mol. The normalized spacial score (nSPS) is 12.7. The van der Waals surface area contributed by atoms with E-state index in [2.05, 4.69) is 5.32 Å². The smallest absolute Gasteiger partial charge is 0.243 e. The molecule has 33 heavy (non-hydrogen) atoms. The Morgan fingerprint density at radius 2 is 1.91 bits per heavy atom. The van der Waals surface area contributed by atoms with E-state index in [-0.39, 0.29) is 35.9 Å². The number of amides is 2. The van der Waals surface area contributed by atoms with Crippen LogP contribution in [-0.2, 0) is 21.9 Å². The van der Waals surface area contributed by atoms with Gasteiger partial charge in [0.1, 0.15) is 17.6 Å². The highest BCUT2D eigenvalue weighted by Crippen LogP contribution is 2.25. The third kappa shape index (κ3) is 7.93. The topological polar surface area (TPSA) is 58.6 Å². The van der Waals surface area contributed by atoms with Crippen LogP contribution < -0.4 is 10.1 Å². The second kappa shape index (κ2) is 13.5. The van der Waals surface area contributed by atoms with Gasteiger partial charge in [-0.05, 0) is 49.6 Å². The van der Waals surface area contributed by atoms with Gasteiger partial charge < -0.3 is 15.0 Å². The quantitative estimate of drug-likeness (QED) is 0.426. The van der Waals surface area contributed by atoms with Crippen LogP contribution in [-0.4, -0.2) is 41.7 Å². The summed E-state index contributed by atoms with van der Waals surface area (Å²) in [5.41, 5.74) is 1.23. The molecule has 2 atom stereocenters. The van der Waals surface area contributed by atoms with Crippen molar-refractivity contribution in [3.05, 3.63) is 64.4 Å². The van der Waals surface area contributed by atoms with Crippen LogP contribution in [0.25, 0.3) is 0 Å². The summed E-state index contributed by atoms with van der Waals surface area (Å²) in [6.07, 6.45) is 1.27. The van der Waals surface area contributed by atoms with E-state index in [1.165, 1.54) is 17.8 Å². The molecule has 0 saturated heterocycles. The van der Waals surface area contributed by atoms with E-state index in [1.54, 1.807) is 24.1 Å². The minimum absolute atomic E-state index is 0.0119. The maximum Gasteiger partial charge on any atom is 0.243 e. The van der Waals surface area contributed by atoms with E-state index in [4.69, 9.17) is 16.3 Å². The third-order valence-corrected chi connectivity index (χ3v) is 6.71. The van der Waals surface area contributed by atoms with Crippen molar-refractivity contribution in [2.75, 3.05) is 12.9 Å². The molecule has 180 valence electrons. The van der Waals surface area contributed by atoms with Crippen molar-refractivity contribution in [3.63, 3.8) is 0 Å². The Bertz CT molecular complexity index is 923. The van der Waals surface area contributed by atoms with Crippen molar-refractivity contribution in [1.29, 1.82) is 0 Å². The maximum absolute atomic E-state index is 14.1. The average Bonchev–Trinajstić information content (AvgIpc) is 2.80. The van der Waals surface area contributed by atoms with E-state index in [0.29, 0.717) is 22.8 Å². The largest absolute Gasteiger partial charge is 0.497 e. The zero-order valence-electron chi connectivity index (χ0n) is 19.6. The molecule has 2 amide bonds. The first-order valence-electron chi connectivity index (χ1n) is 11.0. The van der Waals surface area contributed by atoms with Gasteiger partial charge in [0, 0.05) is 28.9 Å². The van der Waals surface area contributed by atoms with Crippen molar-refractivity contribution in [2.24, 2.45) is 0 Å². The highest BCUT2D eigenvalue weighted by atomic mass is 35.5. The fourth-order valence-electron chi connectivity index (χ4n) is 3.32. The number of halogens is 2. The number of methoxy groups -OCH3 is 1. The minimum Gasteiger partial charge on any atom is -0.497 e. The molecule has 0 saturated carbocycles. The molecular weight excluding hydrogens is 463 g/mol. The Kier molecular flexibility index (Phi) is 11.0. The fraction of sp³-hybridized carbons (Fsp3) is 0.440. The van der Waals surface area contributed by atoms with Crippen LogP contribution in [0.1, 0.15) is 44.7 Å². The zero-order valence-corrected chi connectivity index (χ0v) is 21.1. The first kappa shape index (κ1) is 27.0. The van der Waals surface area contributed by atoms with Gasteiger partial charge in [0.15, 0.2) is 0 Å². The van der Waals surface area contributed by atoms with E-state index in [0.717, 1.165) is 12.0 Å². The van der Waals surface area contributed by atoms with Crippen LogP contribution in [0.3, 0.4) is 0 Å². The Balaban J connectivity index is 2.20. The Labute approximate surface area is 205 Å². The summed E-state index contributed by atoms with van der Waals surface area (Å²) in [6.45, 7) is 6.09. The Morgan fingerprint density at radius 3 is 2.55 bits per heavy atom. The fourth-order valence-corrected chi connectivity index (χ4v) is 4.57. The molecule has 2 aromatic carbocycles. The molecule has 0 bridgehead atoms. The standard InChI is InChI=1S/C25H32ClFN2O3S/c1-5-17(3)28-25(31)23(6-2)29(14-18-9-7-10-19(13-18)32-4)24(30)16-33-15-20-21(26)11-8-12-22(20)27/h7-13,17,23H,5-6,14-16H2,1-4H3,(H,28,31)/t17-,23+/m0/s1. The number of ether oxygens (including phenoxy) is 1. The summed E-state index contributed by atoms with van der Waals surface area (Å²) in [6, 6.07) is 11.4. The van der Waals surface area contributed by atoms with Gasteiger partial charge in [-0.3, -0.25) is 9.59 Å². The summed E-state index contributed by atoms with van der Waals surface area (Å²) in [7, 11) is 1.58. The summed E-state index contributed by atoms with van der Waals surface area (Å²) < 4.78 is 19.4. The zero-order chi connectivity index (χ0) is 24.4. The van der Waals surface area contributed by atoms with Gasteiger partial charge in [-0.2, -0.15) is 0 Å². The molecule has 0 aliphatic heterocycles. The summed E-state index contributed by atoms with van der Waals surface area (Å²) in [5, 5.41) is 3.33. The lowest BCUT2D eigenvalue weighted by molar-refractivity contribution is -0.139. The molecule has 0 aromatic heterocycles. The van der Waals surface area contributed by atoms with E-state index >= 15 is 0 Å². The van der Waals surface area contributed by atoms with Crippen molar-refractivity contribution < 1.29 is 18.7 Å². The van der Waals surface area contributed by atoms with Crippen LogP contribution in [0.15, 0.2) is 42.5 Å². The Hall–Kier alpha value is -2.25. The van der Waals surface area contributed by atoms with Gasteiger partial charge in [-0.1, -0.05) is 43.6 Å². The number of benzene rings is 2. The highest BCUT2D eigenvalue weighted by molar-refractivity contribution is 7.99. The molecule has 0 aliphatic rings. The van der Waals surface area contributed by atoms with Crippen LogP contribution in [0.4, 0.5) is 4.39 Å². The molecule has 0 radical (unpaired) electrons. The summed E-state index contributed by atoms with van der Waals surface area (Å²) in [4.78, 5) is 27.9. The van der Waals surface area contributed by atoms with Crippen molar-refractivity contribution in [3.8, 4) is 5.75 Å². The molecule has 0 spiro atoms. The SMILES string of the molecule is CC[C@H](C(=O)N[C@@H](C)CC)N(Cc1cccc(OC)c1)C(=O)CSCc1c(F)cccc1Cl. The second-order valence-electron chi connectivity index (χ2n) is 7.81. The first-order valence-corrected chi connectivity index (χ1v) is 12.6. The van der Waals surface area contributed by atoms with Crippen LogP contribution in [0.5, 0.6) is 5.75 Å². The van der Waals surface area contributed by atoms with Gasteiger partial charge in [0.05, 0.1) is 12.9 Å². The van der Waals surface area contributed by atoms with Crippen LogP contribution >= 0.6 is 23.4 Å². The van der Waals surface area contributed by atoms with Crippen molar-refractivity contribution >= 4 is 35.2 Å². The number of rotatable bonds is 12. The van der Waals surface area contributed by atoms with Crippen molar-refractivity contribution in [2.45, 2.75) is 58.0 Å². The molecule has 0 heterocycles. The number of carbonyl (C=O) groups excluding carboxylic acids is 2. The molecule has 2 rings (SSSR count). The lowest BCUT2D eigenvalue weighted by atomic mass is 10.1. The lowest BCUT2D eigenvalue weighted by Crippen LogP contribution is -2.51. The number of hydrogen-bond donors (Lipinski definition) is 1. The third-order valence-electron chi connectivity index (χ3n) is 5.41. The number of carbonyl (C=O) groups is 2.